The zero-order chi connectivity index (χ0) is 15.3. The average Bonchev–Trinajstić information content (AvgIpc) is 2.33. The van der Waals surface area contributed by atoms with Crippen LogP contribution in [-0.4, -0.2) is 37.5 Å². The molecular formula is C14H22Cl2FN3O. The van der Waals surface area contributed by atoms with E-state index < -0.39 is 5.82 Å². The van der Waals surface area contributed by atoms with Gasteiger partial charge in [0.05, 0.1) is 11.6 Å². The summed E-state index contributed by atoms with van der Waals surface area (Å²) in [6, 6.07) is 4.08. The van der Waals surface area contributed by atoms with Crippen molar-refractivity contribution in [2.75, 3.05) is 32.0 Å². The predicted octanol–water partition coefficient (Wildman–Crippen LogP) is 2.76. The summed E-state index contributed by atoms with van der Waals surface area (Å²) in [4.78, 5) is 13.8. The maximum absolute atomic E-state index is 13.0. The molecule has 1 aromatic rings. The van der Waals surface area contributed by atoms with Gasteiger partial charge < -0.3 is 11.1 Å². The number of anilines is 1. The Bertz CT molecular complexity index is 483. The molecule has 0 atom stereocenters. The molecule has 0 aliphatic rings. The van der Waals surface area contributed by atoms with Crippen molar-refractivity contribution in [3.8, 4) is 0 Å². The highest BCUT2D eigenvalue weighted by atomic mass is 35.5. The smallest absolute Gasteiger partial charge is 0.238 e. The second kappa shape index (κ2) is 8.54. The molecule has 0 saturated carbocycles. The normalized spacial score (nSPS) is 11.2. The van der Waals surface area contributed by atoms with E-state index in [0.717, 1.165) is 0 Å². The third kappa shape index (κ3) is 7.09. The number of rotatable bonds is 6. The SMILES string of the molecule is CN(CC(=O)Nc1ccc(F)c(Cl)c1)CC(C)(C)CN.Cl. The Balaban J connectivity index is 0.00000400. The number of halogens is 3. The monoisotopic (exact) mass is 337 g/mol. The first kappa shape index (κ1) is 20.1. The summed E-state index contributed by atoms with van der Waals surface area (Å²) < 4.78 is 13.0. The van der Waals surface area contributed by atoms with E-state index in [-0.39, 0.29) is 35.3 Å². The standard InChI is InChI=1S/C14H21ClFN3O.ClH/c1-14(2,8-17)9-19(3)7-13(20)18-10-4-5-12(16)11(15)6-10;/h4-6H,7-9,17H2,1-3H3,(H,18,20);1H. The fourth-order valence-corrected chi connectivity index (χ4v) is 2.05. The van der Waals surface area contributed by atoms with Crippen molar-refractivity contribution in [2.24, 2.45) is 11.1 Å². The van der Waals surface area contributed by atoms with Gasteiger partial charge in [-0.2, -0.15) is 0 Å². The van der Waals surface area contributed by atoms with E-state index in [1.807, 2.05) is 25.8 Å². The molecule has 0 bridgehead atoms. The van der Waals surface area contributed by atoms with Crippen LogP contribution in [0, 0.1) is 11.2 Å². The number of hydrogen-bond acceptors (Lipinski definition) is 3. The quantitative estimate of drug-likeness (QED) is 0.839. The van der Waals surface area contributed by atoms with Gasteiger partial charge in [-0.1, -0.05) is 25.4 Å². The summed E-state index contributed by atoms with van der Waals surface area (Å²) in [7, 11) is 1.86. The predicted molar refractivity (Wildman–Crippen MR) is 87.6 cm³/mol. The number of carbonyl (C=O) groups excluding carboxylic acids is 1. The van der Waals surface area contributed by atoms with Gasteiger partial charge in [0.15, 0.2) is 0 Å². The van der Waals surface area contributed by atoms with Crippen molar-refractivity contribution in [2.45, 2.75) is 13.8 Å². The van der Waals surface area contributed by atoms with Crippen LogP contribution in [0.15, 0.2) is 18.2 Å². The lowest BCUT2D eigenvalue weighted by Gasteiger charge is -2.28. The molecule has 0 saturated heterocycles. The summed E-state index contributed by atoms with van der Waals surface area (Å²) in [5, 5.41) is 2.67. The maximum Gasteiger partial charge on any atom is 0.238 e. The summed E-state index contributed by atoms with van der Waals surface area (Å²) in [5.41, 5.74) is 6.09. The lowest BCUT2D eigenvalue weighted by atomic mass is 9.93. The van der Waals surface area contributed by atoms with Crippen LogP contribution in [0.5, 0.6) is 0 Å². The van der Waals surface area contributed by atoms with Crippen LogP contribution < -0.4 is 11.1 Å². The molecule has 1 aromatic carbocycles. The van der Waals surface area contributed by atoms with Gasteiger partial charge in [-0.15, -0.1) is 12.4 Å². The van der Waals surface area contributed by atoms with E-state index in [1.165, 1.54) is 18.2 Å². The minimum absolute atomic E-state index is 0. The topological polar surface area (TPSA) is 58.4 Å². The third-order valence-corrected chi connectivity index (χ3v) is 3.16. The van der Waals surface area contributed by atoms with Crippen molar-refractivity contribution < 1.29 is 9.18 Å². The van der Waals surface area contributed by atoms with Crippen molar-refractivity contribution in [3.63, 3.8) is 0 Å². The van der Waals surface area contributed by atoms with Crippen molar-refractivity contribution in [3.05, 3.63) is 29.0 Å². The first-order valence-electron chi connectivity index (χ1n) is 6.37. The van der Waals surface area contributed by atoms with Crippen LogP contribution in [0.1, 0.15) is 13.8 Å². The number of nitrogens with zero attached hydrogens (tertiary/aromatic N) is 1. The van der Waals surface area contributed by atoms with E-state index in [2.05, 4.69) is 5.32 Å². The van der Waals surface area contributed by atoms with Gasteiger partial charge in [-0.05, 0) is 37.2 Å². The number of hydrogen-bond donors (Lipinski definition) is 2. The number of amides is 1. The molecule has 0 radical (unpaired) electrons. The molecule has 0 unspecified atom stereocenters. The second-order valence-electron chi connectivity index (χ2n) is 5.72. The molecule has 0 fully saturated rings. The first-order valence-corrected chi connectivity index (χ1v) is 6.75. The Morgan fingerprint density at radius 3 is 2.62 bits per heavy atom. The van der Waals surface area contributed by atoms with Crippen molar-refractivity contribution in [1.82, 2.24) is 4.90 Å². The third-order valence-electron chi connectivity index (χ3n) is 2.87. The molecule has 3 N–H and O–H groups in total. The van der Waals surface area contributed by atoms with E-state index in [9.17, 15) is 9.18 Å². The summed E-state index contributed by atoms with van der Waals surface area (Å²) in [5.74, 6) is -0.686. The molecule has 0 aliphatic carbocycles. The molecule has 0 heterocycles. The van der Waals surface area contributed by atoms with E-state index in [0.29, 0.717) is 18.8 Å². The minimum atomic E-state index is -0.508. The molecule has 1 rings (SSSR count). The lowest BCUT2D eigenvalue weighted by Crippen LogP contribution is -2.40. The Hall–Kier alpha value is -0.880. The van der Waals surface area contributed by atoms with Crippen LogP contribution in [-0.2, 0) is 4.79 Å². The molecule has 7 heteroatoms. The largest absolute Gasteiger partial charge is 0.330 e. The second-order valence-corrected chi connectivity index (χ2v) is 6.12. The van der Waals surface area contributed by atoms with Gasteiger partial charge in [-0.3, -0.25) is 9.69 Å². The first-order chi connectivity index (χ1) is 9.23. The molecule has 21 heavy (non-hydrogen) atoms. The number of likely N-dealkylation sites (N-methyl/N-ethyl adjacent to an activating group) is 1. The minimum Gasteiger partial charge on any atom is -0.330 e. The number of carbonyl (C=O) groups is 1. The number of benzene rings is 1. The van der Waals surface area contributed by atoms with Crippen LogP contribution in [0.4, 0.5) is 10.1 Å². The van der Waals surface area contributed by atoms with Crippen molar-refractivity contribution in [1.29, 1.82) is 0 Å². The zero-order valence-corrected chi connectivity index (χ0v) is 14.0. The lowest BCUT2D eigenvalue weighted by molar-refractivity contribution is -0.117. The van der Waals surface area contributed by atoms with Crippen LogP contribution in [0.25, 0.3) is 0 Å². The number of nitrogens with one attached hydrogen (secondary N) is 1. The van der Waals surface area contributed by atoms with E-state index in [4.69, 9.17) is 17.3 Å². The van der Waals surface area contributed by atoms with Crippen LogP contribution >= 0.6 is 24.0 Å². The van der Waals surface area contributed by atoms with Gasteiger partial charge in [-0.25, -0.2) is 4.39 Å². The van der Waals surface area contributed by atoms with Gasteiger partial charge in [0.1, 0.15) is 5.82 Å². The Labute approximate surface area is 136 Å². The molecule has 4 nitrogen and oxygen atoms in total. The summed E-state index contributed by atoms with van der Waals surface area (Å²) in [6.07, 6.45) is 0. The Morgan fingerprint density at radius 2 is 2.10 bits per heavy atom. The fraction of sp³-hybridized carbons (Fsp3) is 0.500. The highest BCUT2D eigenvalue weighted by molar-refractivity contribution is 6.31. The Morgan fingerprint density at radius 1 is 1.48 bits per heavy atom. The molecule has 0 aromatic heterocycles. The van der Waals surface area contributed by atoms with Gasteiger partial charge in [0, 0.05) is 12.2 Å². The Kier molecular flexibility index (Phi) is 8.18. The highest BCUT2D eigenvalue weighted by Gasteiger charge is 2.19. The number of nitrogens with two attached hydrogens (primary N) is 1. The van der Waals surface area contributed by atoms with Crippen LogP contribution in [0.2, 0.25) is 5.02 Å². The average molecular weight is 338 g/mol. The molecule has 120 valence electrons. The molecule has 1 amide bonds. The van der Waals surface area contributed by atoms with Gasteiger partial charge >= 0.3 is 0 Å². The van der Waals surface area contributed by atoms with Gasteiger partial charge in [0.25, 0.3) is 0 Å². The van der Waals surface area contributed by atoms with Crippen molar-refractivity contribution >= 4 is 35.6 Å². The van der Waals surface area contributed by atoms with Gasteiger partial charge in [0.2, 0.25) is 5.91 Å². The summed E-state index contributed by atoms with van der Waals surface area (Å²) >= 11 is 5.66. The highest BCUT2D eigenvalue weighted by Crippen LogP contribution is 2.19. The molecular weight excluding hydrogens is 316 g/mol. The molecule has 0 aliphatic heterocycles. The molecule has 0 spiro atoms. The zero-order valence-electron chi connectivity index (χ0n) is 12.5. The summed E-state index contributed by atoms with van der Waals surface area (Å²) in [6.45, 7) is 5.58. The van der Waals surface area contributed by atoms with E-state index >= 15 is 0 Å². The maximum atomic E-state index is 13.0. The van der Waals surface area contributed by atoms with Crippen LogP contribution in [0.3, 0.4) is 0 Å². The van der Waals surface area contributed by atoms with E-state index in [1.54, 1.807) is 0 Å². The fourth-order valence-electron chi connectivity index (χ4n) is 1.87.